The quantitative estimate of drug-likeness (QED) is 0.149. The van der Waals surface area contributed by atoms with Crippen LogP contribution in [-0.4, -0.2) is 65.1 Å². The van der Waals surface area contributed by atoms with E-state index in [1.165, 1.54) is 11.4 Å². The lowest BCUT2D eigenvalue weighted by Crippen LogP contribution is -2.48. The summed E-state index contributed by atoms with van der Waals surface area (Å²) in [6.45, 7) is 5.71. The van der Waals surface area contributed by atoms with Crippen molar-refractivity contribution < 1.29 is 23.1 Å². The van der Waals surface area contributed by atoms with Gasteiger partial charge in [0, 0.05) is 38.4 Å². The van der Waals surface area contributed by atoms with Crippen molar-refractivity contribution in [3.8, 4) is 5.75 Å². The van der Waals surface area contributed by atoms with Crippen LogP contribution in [0, 0.1) is 0 Å². The van der Waals surface area contributed by atoms with Crippen LogP contribution in [-0.2, 0) is 23.0 Å². The summed E-state index contributed by atoms with van der Waals surface area (Å²) >= 11 is 0. The Balaban J connectivity index is 1.91. The summed E-state index contributed by atoms with van der Waals surface area (Å²) < 4.78 is 31.5. The Hall–Kier alpha value is -3.86. The fourth-order valence-electron chi connectivity index (χ4n) is 4.90. The summed E-state index contributed by atoms with van der Waals surface area (Å²) in [6, 6.07) is 21.9. The van der Waals surface area contributed by atoms with Crippen LogP contribution in [0.15, 0.2) is 79.0 Å². The van der Waals surface area contributed by atoms with Crippen LogP contribution in [0.5, 0.6) is 5.75 Å². The minimum atomic E-state index is -3.58. The number of rotatable bonds is 18. The number of allylic oxidation sites excluding steroid dienone is 1. The van der Waals surface area contributed by atoms with Crippen molar-refractivity contribution in [2.24, 2.45) is 0 Å². The zero-order valence-corrected chi connectivity index (χ0v) is 27.9. The lowest BCUT2D eigenvalue weighted by atomic mass is 9.97. The average molecular weight is 637 g/mol. The normalized spacial score (nSPS) is 13.2. The second kappa shape index (κ2) is 17.6. The van der Waals surface area contributed by atoms with Crippen molar-refractivity contribution in [3.63, 3.8) is 0 Å². The molecule has 0 saturated heterocycles. The maximum absolute atomic E-state index is 13.9. The summed E-state index contributed by atoms with van der Waals surface area (Å²) in [7, 11) is -0.481. The molecule has 244 valence electrons. The van der Waals surface area contributed by atoms with E-state index in [9.17, 15) is 18.3 Å². The number of aliphatic hydroxyl groups is 1. The van der Waals surface area contributed by atoms with E-state index in [0.717, 1.165) is 60.1 Å². The number of carbonyl (C=O) groups excluding carboxylic acids is 1. The van der Waals surface area contributed by atoms with Crippen LogP contribution in [0.25, 0.3) is 5.57 Å². The Kier molecular flexibility index (Phi) is 13.9. The monoisotopic (exact) mass is 636 g/mol. The SMILES string of the molecule is CCCN/C=C(/CCC)c1cc(C(=O)N[C@@H](Cc2ccccc2)[C@H](O)CNCc2cccc(OC)c2)cc(N(C)S(C)(=O)=O)c1. The van der Waals surface area contributed by atoms with Gasteiger partial charge in [-0.25, -0.2) is 8.42 Å². The van der Waals surface area contributed by atoms with Gasteiger partial charge in [-0.1, -0.05) is 62.7 Å². The largest absolute Gasteiger partial charge is 0.497 e. The Bertz CT molecular complexity index is 1510. The molecule has 4 N–H and O–H groups in total. The first-order chi connectivity index (χ1) is 21.5. The Morgan fingerprint density at radius 2 is 1.69 bits per heavy atom. The molecule has 0 heterocycles. The molecule has 2 atom stereocenters. The number of anilines is 1. The predicted octanol–water partition coefficient (Wildman–Crippen LogP) is 4.72. The van der Waals surface area contributed by atoms with E-state index in [-0.39, 0.29) is 6.54 Å². The Morgan fingerprint density at radius 1 is 0.978 bits per heavy atom. The van der Waals surface area contributed by atoms with Crippen LogP contribution < -0.4 is 25.0 Å². The second-order valence-corrected chi connectivity index (χ2v) is 13.2. The van der Waals surface area contributed by atoms with Gasteiger partial charge in [0.25, 0.3) is 5.91 Å². The molecule has 3 aromatic rings. The van der Waals surface area contributed by atoms with Gasteiger partial charge >= 0.3 is 0 Å². The predicted molar refractivity (Wildman–Crippen MR) is 183 cm³/mol. The smallest absolute Gasteiger partial charge is 0.251 e. The van der Waals surface area contributed by atoms with Crippen LogP contribution >= 0.6 is 0 Å². The summed E-state index contributed by atoms with van der Waals surface area (Å²) in [5.41, 5.74) is 4.41. The Morgan fingerprint density at radius 3 is 2.36 bits per heavy atom. The number of hydrogen-bond donors (Lipinski definition) is 4. The van der Waals surface area contributed by atoms with E-state index >= 15 is 0 Å². The van der Waals surface area contributed by atoms with Crippen molar-refractivity contribution in [1.29, 1.82) is 0 Å². The van der Waals surface area contributed by atoms with Crippen LogP contribution in [0.1, 0.15) is 60.2 Å². The van der Waals surface area contributed by atoms with Crippen molar-refractivity contribution in [2.45, 2.75) is 58.2 Å². The van der Waals surface area contributed by atoms with Crippen molar-refractivity contribution in [2.75, 3.05) is 37.8 Å². The molecule has 0 unspecified atom stereocenters. The summed E-state index contributed by atoms with van der Waals surface area (Å²) in [6.07, 6.45) is 5.17. The molecule has 10 heteroatoms. The van der Waals surface area contributed by atoms with Gasteiger partial charge in [0.05, 0.1) is 31.2 Å². The molecule has 0 bridgehead atoms. The van der Waals surface area contributed by atoms with Crippen LogP contribution in [0.2, 0.25) is 0 Å². The first-order valence-electron chi connectivity index (χ1n) is 15.4. The molecule has 9 nitrogen and oxygen atoms in total. The maximum atomic E-state index is 13.9. The van der Waals surface area contributed by atoms with E-state index in [1.54, 1.807) is 25.3 Å². The van der Waals surface area contributed by atoms with Gasteiger partial charge in [0.15, 0.2) is 0 Å². The molecule has 45 heavy (non-hydrogen) atoms. The number of nitrogens with one attached hydrogen (secondary N) is 3. The van der Waals surface area contributed by atoms with Gasteiger partial charge in [-0.05, 0) is 71.9 Å². The highest BCUT2D eigenvalue weighted by Gasteiger charge is 2.24. The van der Waals surface area contributed by atoms with Gasteiger partial charge in [-0.15, -0.1) is 0 Å². The van der Waals surface area contributed by atoms with E-state index in [2.05, 4.69) is 29.8 Å². The summed E-state index contributed by atoms with van der Waals surface area (Å²) in [4.78, 5) is 13.9. The highest BCUT2D eigenvalue weighted by molar-refractivity contribution is 7.92. The second-order valence-electron chi connectivity index (χ2n) is 11.2. The van der Waals surface area contributed by atoms with E-state index in [1.807, 2.05) is 60.8 Å². The molecule has 0 aliphatic heterocycles. The van der Waals surface area contributed by atoms with Crippen molar-refractivity contribution in [3.05, 3.63) is 101 Å². The molecule has 0 saturated carbocycles. The molecule has 1 amide bonds. The molecule has 0 aliphatic rings. The minimum absolute atomic E-state index is 0.240. The van der Waals surface area contributed by atoms with Gasteiger partial charge in [-0.2, -0.15) is 0 Å². The van der Waals surface area contributed by atoms with Gasteiger partial charge in [0.1, 0.15) is 5.75 Å². The minimum Gasteiger partial charge on any atom is -0.497 e. The third-order valence-corrected chi connectivity index (χ3v) is 8.70. The molecule has 0 spiro atoms. The number of hydrogen-bond acceptors (Lipinski definition) is 7. The zero-order valence-electron chi connectivity index (χ0n) is 27.0. The molecule has 0 aliphatic carbocycles. The fraction of sp³-hybridized carbons (Fsp3) is 0.400. The maximum Gasteiger partial charge on any atom is 0.251 e. The lowest BCUT2D eigenvalue weighted by Gasteiger charge is -2.26. The number of nitrogens with zero attached hydrogens (tertiary/aromatic N) is 1. The van der Waals surface area contributed by atoms with Gasteiger partial charge < -0.3 is 25.8 Å². The standard InChI is InChI=1S/C35H48N4O5S/c1-6-12-28(24-36-17-7-2)29-20-30(22-31(21-29)39(3)45(5,42)43)35(41)38-33(19-26-13-9-8-10-14-26)34(40)25-37-23-27-15-11-16-32(18-27)44-4/h8-11,13-16,18,20-22,24,33-34,36-37,40H,6-7,12,17,19,23,25H2,1-5H3,(H,38,41)/b28-24-/t33-,34+/m0/s1. The first-order valence-corrected chi connectivity index (χ1v) is 17.3. The van der Waals surface area contributed by atoms with Gasteiger partial charge in [-0.3, -0.25) is 9.10 Å². The number of carbonyl (C=O) groups is 1. The van der Waals surface area contributed by atoms with E-state index < -0.39 is 28.1 Å². The molecule has 3 aromatic carbocycles. The average Bonchev–Trinajstić information content (AvgIpc) is 3.03. The van der Waals surface area contributed by atoms with Gasteiger partial charge in [0.2, 0.25) is 10.0 Å². The highest BCUT2D eigenvalue weighted by Crippen LogP contribution is 2.27. The fourth-order valence-corrected chi connectivity index (χ4v) is 5.39. The van der Waals surface area contributed by atoms with Crippen LogP contribution in [0.4, 0.5) is 5.69 Å². The summed E-state index contributed by atoms with van der Waals surface area (Å²) in [5, 5.41) is 21.0. The number of benzene rings is 3. The highest BCUT2D eigenvalue weighted by atomic mass is 32.2. The van der Waals surface area contributed by atoms with E-state index in [0.29, 0.717) is 24.2 Å². The number of ether oxygens (including phenoxy) is 1. The number of sulfonamides is 1. The number of aliphatic hydroxyl groups excluding tert-OH is 1. The Labute approximate surface area is 268 Å². The zero-order chi connectivity index (χ0) is 32.8. The molecule has 0 fully saturated rings. The third-order valence-electron chi connectivity index (χ3n) is 7.50. The van der Waals surface area contributed by atoms with Crippen molar-refractivity contribution in [1.82, 2.24) is 16.0 Å². The van der Waals surface area contributed by atoms with Crippen LogP contribution in [0.3, 0.4) is 0 Å². The molecule has 0 radical (unpaired) electrons. The third kappa shape index (κ3) is 11.2. The first kappa shape index (κ1) is 35.6. The molecular weight excluding hydrogens is 588 g/mol. The van der Waals surface area contributed by atoms with Crippen molar-refractivity contribution >= 4 is 27.2 Å². The molecule has 3 rings (SSSR count). The topological polar surface area (TPSA) is 120 Å². The molecule has 0 aromatic heterocycles. The molecular formula is C35H48N4O5S. The lowest BCUT2D eigenvalue weighted by molar-refractivity contribution is 0.0830. The summed E-state index contributed by atoms with van der Waals surface area (Å²) in [5.74, 6) is 0.357. The number of methoxy groups -OCH3 is 1. The number of amides is 1. The van der Waals surface area contributed by atoms with E-state index in [4.69, 9.17) is 4.74 Å².